The van der Waals surface area contributed by atoms with Crippen molar-refractivity contribution in [3.05, 3.63) is 30.2 Å². The van der Waals surface area contributed by atoms with Crippen LogP contribution >= 0.6 is 0 Å². The Bertz CT molecular complexity index is 384. The Hall–Kier alpha value is -1.22. The first kappa shape index (κ1) is 14.2. The third-order valence-corrected chi connectivity index (χ3v) is 3.54. The van der Waals surface area contributed by atoms with E-state index in [0.717, 1.165) is 24.5 Å². The van der Waals surface area contributed by atoms with Crippen molar-refractivity contribution in [1.82, 2.24) is 0 Å². The first-order valence-electron chi connectivity index (χ1n) is 6.99. The molecule has 19 heavy (non-hydrogen) atoms. The normalized spacial score (nSPS) is 16.3. The maximum absolute atomic E-state index is 5.89. The van der Waals surface area contributed by atoms with Crippen LogP contribution in [-0.4, -0.2) is 26.9 Å². The quantitative estimate of drug-likeness (QED) is 0.787. The van der Waals surface area contributed by atoms with Gasteiger partial charge >= 0.3 is 0 Å². The van der Waals surface area contributed by atoms with Crippen LogP contribution in [0.4, 0.5) is 0 Å². The van der Waals surface area contributed by atoms with Crippen molar-refractivity contribution >= 4 is 0 Å². The first-order chi connectivity index (χ1) is 9.33. The molecule has 0 spiro atoms. The third-order valence-electron chi connectivity index (χ3n) is 3.54. The van der Waals surface area contributed by atoms with Gasteiger partial charge in [0.25, 0.3) is 0 Å². The second-order valence-electron chi connectivity index (χ2n) is 4.87. The smallest absolute Gasteiger partial charge is 0.160 e. The maximum Gasteiger partial charge on any atom is 0.160 e. The van der Waals surface area contributed by atoms with Gasteiger partial charge in [0.1, 0.15) is 0 Å². The van der Waals surface area contributed by atoms with Gasteiger partial charge in [-0.25, -0.2) is 0 Å². The maximum atomic E-state index is 5.89. The van der Waals surface area contributed by atoms with E-state index in [9.17, 15) is 0 Å². The van der Waals surface area contributed by atoms with E-state index in [1.165, 1.54) is 31.2 Å². The summed E-state index contributed by atoms with van der Waals surface area (Å²) >= 11 is 0. The summed E-state index contributed by atoms with van der Waals surface area (Å²) < 4.78 is 16.4. The Labute approximate surface area is 115 Å². The SMILES string of the molecule is COc1ccc(CCO[C@H]2[CH]CCCC2)cc1OC. The molecule has 1 aliphatic carbocycles. The third kappa shape index (κ3) is 4.13. The molecule has 0 N–H and O–H groups in total. The summed E-state index contributed by atoms with van der Waals surface area (Å²) in [6, 6.07) is 6.03. The van der Waals surface area contributed by atoms with E-state index in [1.807, 2.05) is 12.1 Å². The second kappa shape index (κ2) is 7.39. The largest absolute Gasteiger partial charge is 0.493 e. The number of methoxy groups -OCH3 is 2. The molecule has 1 aliphatic rings. The van der Waals surface area contributed by atoms with Crippen LogP contribution in [0, 0.1) is 6.42 Å². The fourth-order valence-corrected chi connectivity index (χ4v) is 2.43. The predicted molar refractivity (Wildman–Crippen MR) is 75.8 cm³/mol. The highest BCUT2D eigenvalue weighted by Gasteiger charge is 2.13. The highest BCUT2D eigenvalue weighted by atomic mass is 16.5. The lowest BCUT2D eigenvalue weighted by Crippen LogP contribution is -2.18. The Balaban J connectivity index is 1.81. The zero-order valence-corrected chi connectivity index (χ0v) is 11.9. The van der Waals surface area contributed by atoms with Gasteiger partial charge in [0.05, 0.1) is 26.9 Å². The van der Waals surface area contributed by atoms with E-state index in [0.29, 0.717) is 6.10 Å². The predicted octanol–water partition coefficient (Wildman–Crippen LogP) is 3.41. The Morgan fingerprint density at radius 2 is 1.95 bits per heavy atom. The molecule has 1 aromatic rings. The van der Waals surface area contributed by atoms with E-state index in [-0.39, 0.29) is 0 Å². The van der Waals surface area contributed by atoms with Crippen molar-refractivity contribution in [2.45, 2.75) is 38.2 Å². The summed E-state index contributed by atoms with van der Waals surface area (Å²) in [5.41, 5.74) is 1.22. The summed E-state index contributed by atoms with van der Waals surface area (Å²) in [6.07, 6.45) is 8.54. The average Bonchev–Trinajstić information content (AvgIpc) is 2.48. The van der Waals surface area contributed by atoms with Crippen LogP contribution in [0.2, 0.25) is 0 Å². The van der Waals surface area contributed by atoms with Gasteiger partial charge in [-0.15, -0.1) is 0 Å². The summed E-state index contributed by atoms with van der Waals surface area (Å²) in [6.45, 7) is 0.761. The second-order valence-corrected chi connectivity index (χ2v) is 4.87. The molecule has 1 saturated carbocycles. The molecule has 0 unspecified atom stereocenters. The molecule has 0 heterocycles. The Morgan fingerprint density at radius 3 is 2.63 bits per heavy atom. The fraction of sp³-hybridized carbons (Fsp3) is 0.562. The van der Waals surface area contributed by atoms with Gasteiger partial charge in [-0.05, 0) is 43.4 Å². The number of ether oxygens (including phenoxy) is 3. The molecule has 0 aromatic heterocycles. The van der Waals surface area contributed by atoms with Crippen LogP contribution in [-0.2, 0) is 11.2 Å². The van der Waals surface area contributed by atoms with E-state index >= 15 is 0 Å². The first-order valence-corrected chi connectivity index (χ1v) is 6.99. The summed E-state index contributed by atoms with van der Waals surface area (Å²) in [4.78, 5) is 0. The molecular formula is C16H23O3. The van der Waals surface area contributed by atoms with Crippen LogP contribution in [0.5, 0.6) is 11.5 Å². The van der Waals surface area contributed by atoms with Gasteiger partial charge in [0.15, 0.2) is 11.5 Å². The van der Waals surface area contributed by atoms with Crippen molar-refractivity contribution in [3.8, 4) is 11.5 Å². The molecule has 0 saturated heterocycles. The fourth-order valence-electron chi connectivity index (χ4n) is 2.43. The number of benzene rings is 1. The van der Waals surface area contributed by atoms with Gasteiger partial charge in [-0.3, -0.25) is 0 Å². The lowest BCUT2D eigenvalue weighted by atomic mass is 9.98. The number of hydrogen-bond donors (Lipinski definition) is 0. The van der Waals surface area contributed by atoms with E-state index < -0.39 is 0 Å². The zero-order valence-electron chi connectivity index (χ0n) is 11.9. The summed E-state index contributed by atoms with van der Waals surface area (Å²) in [5.74, 6) is 1.55. The van der Waals surface area contributed by atoms with Crippen LogP contribution in [0.25, 0.3) is 0 Å². The van der Waals surface area contributed by atoms with Crippen molar-refractivity contribution in [2.24, 2.45) is 0 Å². The van der Waals surface area contributed by atoms with Crippen LogP contribution in [0.3, 0.4) is 0 Å². The standard InChI is InChI=1S/C16H23O3/c1-17-15-9-8-13(12-16(15)18-2)10-11-19-14-6-4-3-5-7-14/h6,8-9,12,14H,3-5,7,10-11H2,1-2H3/t14-/m0/s1. The molecule has 0 aliphatic heterocycles. The molecule has 105 valence electrons. The van der Waals surface area contributed by atoms with Crippen LogP contribution in [0.15, 0.2) is 18.2 Å². The Morgan fingerprint density at radius 1 is 1.11 bits per heavy atom. The van der Waals surface area contributed by atoms with Crippen molar-refractivity contribution in [2.75, 3.05) is 20.8 Å². The molecule has 1 fully saturated rings. The average molecular weight is 263 g/mol. The molecule has 0 amide bonds. The van der Waals surface area contributed by atoms with Crippen LogP contribution < -0.4 is 9.47 Å². The molecule has 1 radical (unpaired) electrons. The Kier molecular flexibility index (Phi) is 5.52. The van der Waals surface area contributed by atoms with E-state index in [2.05, 4.69) is 12.5 Å². The van der Waals surface area contributed by atoms with E-state index in [1.54, 1.807) is 14.2 Å². The lowest BCUT2D eigenvalue weighted by molar-refractivity contribution is 0.0597. The molecule has 1 aromatic carbocycles. The van der Waals surface area contributed by atoms with Gasteiger partial charge in [0, 0.05) is 0 Å². The molecule has 3 heteroatoms. The monoisotopic (exact) mass is 263 g/mol. The molecule has 0 bridgehead atoms. The van der Waals surface area contributed by atoms with E-state index in [4.69, 9.17) is 14.2 Å². The van der Waals surface area contributed by atoms with Crippen molar-refractivity contribution in [1.29, 1.82) is 0 Å². The molecule has 3 nitrogen and oxygen atoms in total. The summed E-state index contributed by atoms with van der Waals surface area (Å²) in [7, 11) is 3.31. The topological polar surface area (TPSA) is 27.7 Å². The minimum Gasteiger partial charge on any atom is -0.493 e. The summed E-state index contributed by atoms with van der Waals surface area (Å²) in [5, 5.41) is 0. The molecular weight excluding hydrogens is 240 g/mol. The van der Waals surface area contributed by atoms with Gasteiger partial charge in [-0.2, -0.15) is 0 Å². The van der Waals surface area contributed by atoms with Gasteiger partial charge in [0.2, 0.25) is 0 Å². The minimum absolute atomic E-state index is 0.355. The van der Waals surface area contributed by atoms with Crippen LogP contribution in [0.1, 0.15) is 31.2 Å². The molecule has 2 rings (SSSR count). The molecule has 1 atom stereocenters. The highest BCUT2D eigenvalue weighted by Crippen LogP contribution is 2.28. The van der Waals surface area contributed by atoms with Gasteiger partial charge < -0.3 is 14.2 Å². The van der Waals surface area contributed by atoms with Crippen molar-refractivity contribution < 1.29 is 14.2 Å². The number of hydrogen-bond acceptors (Lipinski definition) is 3. The zero-order chi connectivity index (χ0) is 13.5. The lowest BCUT2D eigenvalue weighted by Gasteiger charge is -2.21. The number of rotatable bonds is 6. The highest BCUT2D eigenvalue weighted by molar-refractivity contribution is 5.42. The minimum atomic E-state index is 0.355. The van der Waals surface area contributed by atoms with Gasteiger partial charge in [-0.1, -0.05) is 18.9 Å². The van der Waals surface area contributed by atoms with Crippen molar-refractivity contribution in [3.63, 3.8) is 0 Å².